The van der Waals surface area contributed by atoms with Gasteiger partial charge in [0.15, 0.2) is 0 Å². The highest BCUT2D eigenvalue weighted by molar-refractivity contribution is 5.78. The molecule has 16 heavy (non-hydrogen) atoms. The smallest absolute Gasteiger partial charge is 0.229 e. The van der Waals surface area contributed by atoms with Crippen LogP contribution in [-0.4, -0.2) is 11.7 Å². The molecule has 0 aliphatic rings. The minimum atomic E-state index is -0.438. The Hall–Kier alpha value is -2.08. The maximum absolute atomic E-state index is 10.9. The standard InChI is InChI=1S/C13H13NO2/c1-10(15)8-12-6-2-4-11(9-12)5-3-7-13(14)16/h2,4,6,9H,7-8H2,1H3,(H2,14,16). The van der Waals surface area contributed by atoms with Crippen LogP contribution in [0.2, 0.25) is 0 Å². The summed E-state index contributed by atoms with van der Waals surface area (Å²) in [6, 6.07) is 7.39. The maximum Gasteiger partial charge on any atom is 0.229 e. The number of carbonyl (C=O) groups excluding carboxylic acids is 2. The Bertz CT molecular complexity index is 466. The van der Waals surface area contributed by atoms with Crippen molar-refractivity contribution in [3.05, 3.63) is 35.4 Å². The molecule has 0 heterocycles. The lowest BCUT2D eigenvalue weighted by Crippen LogP contribution is -2.08. The Balaban J connectivity index is 2.76. The van der Waals surface area contributed by atoms with Crippen LogP contribution in [0.1, 0.15) is 24.5 Å². The van der Waals surface area contributed by atoms with Crippen molar-refractivity contribution in [2.75, 3.05) is 0 Å². The molecule has 0 atom stereocenters. The summed E-state index contributed by atoms with van der Waals surface area (Å²) in [6.07, 6.45) is 0.461. The molecule has 0 aromatic heterocycles. The second-order valence-electron chi connectivity index (χ2n) is 3.52. The molecule has 1 aromatic rings. The van der Waals surface area contributed by atoms with Crippen LogP contribution in [-0.2, 0) is 16.0 Å². The third-order valence-corrected chi connectivity index (χ3v) is 1.88. The van der Waals surface area contributed by atoms with E-state index in [9.17, 15) is 9.59 Å². The fourth-order valence-corrected chi connectivity index (χ4v) is 1.28. The van der Waals surface area contributed by atoms with Crippen molar-refractivity contribution >= 4 is 11.7 Å². The van der Waals surface area contributed by atoms with Gasteiger partial charge in [-0.15, -0.1) is 0 Å². The van der Waals surface area contributed by atoms with Crippen molar-refractivity contribution in [3.63, 3.8) is 0 Å². The summed E-state index contributed by atoms with van der Waals surface area (Å²) in [7, 11) is 0. The van der Waals surface area contributed by atoms with Gasteiger partial charge in [0, 0.05) is 12.0 Å². The number of amides is 1. The van der Waals surface area contributed by atoms with Gasteiger partial charge in [0.1, 0.15) is 5.78 Å². The Kier molecular flexibility index (Phi) is 4.28. The second-order valence-corrected chi connectivity index (χ2v) is 3.52. The van der Waals surface area contributed by atoms with Crippen molar-refractivity contribution < 1.29 is 9.59 Å². The zero-order chi connectivity index (χ0) is 12.0. The van der Waals surface area contributed by atoms with Crippen molar-refractivity contribution in [3.8, 4) is 11.8 Å². The molecule has 0 radical (unpaired) electrons. The number of Topliss-reactive ketones (excluding diaryl/α,β-unsaturated/α-hetero) is 1. The fraction of sp³-hybridized carbons (Fsp3) is 0.231. The van der Waals surface area contributed by atoms with Crippen LogP contribution in [0.15, 0.2) is 24.3 Å². The van der Waals surface area contributed by atoms with Gasteiger partial charge >= 0.3 is 0 Å². The van der Waals surface area contributed by atoms with Crippen molar-refractivity contribution in [2.45, 2.75) is 19.8 Å². The highest BCUT2D eigenvalue weighted by atomic mass is 16.1. The molecule has 0 saturated carbocycles. The van der Waals surface area contributed by atoms with Crippen molar-refractivity contribution in [2.24, 2.45) is 5.73 Å². The Labute approximate surface area is 94.6 Å². The van der Waals surface area contributed by atoms with E-state index in [1.807, 2.05) is 24.3 Å². The highest BCUT2D eigenvalue weighted by Gasteiger charge is 1.97. The first-order valence-electron chi connectivity index (χ1n) is 4.93. The molecular formula is C13H13NO2. The van der Waals surface area contributed by atoms with Gasteiger partial charge in [-0.25, -0.2) is 0 Å². The summed E-state index contributed by atoms with van der Waals surface area (Å²) in [4.78, 5) is 21.4. The topological polar surface area (TPSA) is 60.2 Å². The normalized spacial score (nSPS) is 9.06. The first-order valence-corrected chi connectivity index (χ1v) is 4.93. The molecule has 1 rings (SSSR count). The van der Waals surface area contributed by atoms with Crippen LogP contribution in [0.5, 0.6) is 0 Å². The summed E-state index contributed by atoms with van der Waals surface area (Å²) in [6.45, 7) is 1.55. The number of hydrogen-bond acceptors (Lipinski definition) is 2. The minimum Gasteiger partial charge on any atom is -0.369 e. The molecule has 3 heteroatoms. The van der Waals surface area contributed by atoms with Gasteiger partial charge in [-0.1, -0.05) is 24.0 Å². The Morgan fingerprint density at radius 3 is 2.75 bits per heavy atom. The lowest BCUT2D eigenvalue weighted by Gasteiger charge is -1.97. The maximum atomic E-state index is 10.9. The Morgan fingerprint density at radius 2 is 2.12 bits per heavy atom. The highest BCUT2D eigenvalue weighted by Crippen LogP contribution is 2.05. The number of benzene rings is 1. The van der Waals surface area contributed by atoms with E-state index in [1.165, 1.54) is 0 Å². The number of rotatable bonds is 3. The van der Waals surface area contributed by atoms with Gasteiger partial charge in [-0.2, -0.15) is 0 Å². The number of primary amides is 1. The van der Waals surface area contributed by atoms with Crippen LogP contribution >= 0.6 is 0 Å². The molecule has 3 nitrogen and oxygen atoms in total. The molecule has 82 valence electrons. The van der Waals surface area contributed by atoms with Crippen LogP contribution in [0.4, 0.5) is 0 Å². The minimum absolute atomic E-state index is 0.0525. The molecule has 0 aliphatic heterocycles. The Morgan fingerprint density at radius 1 is 1.38 bits per heavy atom. The second kappa shape index (κ2) is 5.72. The van der Waals surface area contributed by atoms with Crippen LogP contribution in [0.3, 0.4) is 0 Å². The summed E-state index contributed by atoms with van der Waals surface area (Å²) in [5, 5.41) is 0. The zero-order valence-corrected chi connectivity index (χ0v) is 9.12. The van der Waals surface area contributed by atoms with Crippen LogP contribution < -0.4 is 5.73 Å². The molecular weight excluding hydrogens is 202 g/mol. The third-order valence-electron chi connectivity index (χ3n) is 1.88. The molecule has 0 spiro atoms. The van der Waals surface area contributed by atoms with Gasteiger partial charge < -0.3 is 5.73 Å². The number of nitrogens with two attached hydrogens (primary N) is 1. The van der Waals surface area contributed by atoms with E-state index in [0.717, 1.165) is 11.1 Å². The number of ketones is 1. The van der Waals surface area contributed by atoms with Crippen molar-refractivity contribution in [1.29, 1.82) is 0 Å². The molecule has 2 N–H and O–H groups in total. The molecule has 1 amide bonds. The van der Waals surface area contributed by atoms with Gasteiger partial charge in [0.2, 0.25) is 5.91 Å². The largest absolute Gasteiger partial charge is 0.369 e. The van der Waals surface area contributed by atoms with E-state index < -0.39 is 5.91 Å². The SMILES string of the molecule is CC(=O)Cc1cccc(C#CCC(N)=O)c1. The average Bonchev–Trinajstić information content (AvgIpc) is 2.16. The van der Waals surface area contributed by atoms with Crippen molar-refractivity contribution in [1.82, 2.24) is 0 Å². The first-order chi connectivity index (χ1) is 7.58. The van der Waals surface area contributed by atoms with E-state index in [-0.39, 0.29) is 12.2 Å². The van der Waals surface area contributed by atoms with Crippen LogP contribution in [0, 0.1) is 11.8 Å². The van der Waals surface area contributed by atoms with Gasteiger partial charge in [0.05, 0.1) is 6.42 Å². The van der Waals surface area contributed by atoms with Crippen LogP contribution in [0.25, 0.3) is 0 Å². The van der Waals surface area contributed by atoms with E-state index in [2.05, 4.69) is 11.8 Å². The predicted octanol–water partition coefficient (Wildman–Crippen LogP) is 1.05. The lowest BCUT2D eigenvalue weighted by atomic mass is 10.1. The number of carbonyl (C=O) groups is 2. The predicted molar refractivity (Wildman–Crippen MR) is 61.5 cm³/mol. The molecule has 0 fully saturated rings. The molecule has 0 unspecified atom stereocenters. The average molecular weight is 215 g/mol. The summed E-state index contributed by atoms with van der Waals surface area (Å²) in [5.74, 6) is 5.18. The zero-order valence-electron chi connectivity index (χ0n) is 9.12. The third kappa shape index (κ3) is 4.43. The van der Waals surface area contributed by atoms with E-state index in [1.54, 1.807) is 6.92 Å². The molecule has 0 saturated heterocycles. The monoisotopic (exact) mass is 215 g/mol. The first kappa shape index (κ1) is 12.0. The number of hydrogen-bond donors (Lipinski definition) is 1. The molecule has 1 aromatic carbocycles. The lowest BCUT2D eigenvalue weighted by molar-refractivity contribution is -0.117. The van der Waals surface area contributed by atoms with E-state index in [4.69, 9.17) is 5.73 Å². The van der Waals surface area contributed by atoms with E-state index in [0.29, 0.717) is 6.42 Å². The van der Waals surface area contributed by atoms with Gasteiger partial charge in [-0.3, -0.25) is 9.59 Å². The molecule has 0 aliphatic carbocycles. The quantitative estimate of drug-likeness (QED) is 0.766. The van der Waals surface area contributed by atoms with Gasteiger partial charge in [-0.05, 0) is 24.6 Å². The summed E-state index contributed by atoms with van der Waals surface area (Å²) in [5.41, 5.74) is 6.69. The molecule has 0 bridgehead atoms. The van der Waals surface area contributed by atoms with Gasteiger partial charge in [0.25, 0.3) is 0 Å². The van der Waals surface area contributed by atoms with E-state index >= 15 is 0 Å². The summed E-state index contributed by atoms with van der Waals surface area (Å²) < 4.78 is 0. The fourth-order valence-electron chi connectivity index (χ4n) is 1.28. The summed E-state index contributed by atoms with van der Waals surface area (Å²) >= 11 is 0.